The number of rotatable bonds is 11. The summed E-state index contributed by atoms with van der Waals surface area (Å²) in [5.41, 5.74) is 0. The summed E-state index contributed by atoms with van der Waals surface area (Å²) in [4.78, 5) is 33.1. The summed E-state index contributed by atoms with van der Waals surface area (Å²) in [6.07, 6.45) is -19.9. The van der Waals surface area contributed by atoms with Crippen LogP contribution in [0.1, 0.15) is 0 Å². The van der Waals surface area contributed by atoms with Crippen LogP contribution in [0.4, 0.5) is 0 Å². The van der Waals surface area contributed by atoms with Crippen LogP contribution in [0.25, 0.3) is 0 Å². The zero-order chi connectivity index (χ0) is 20.8. The lowest BCUT2D eigenvalue weighted by atomic mass is 10.0. The lowest BCUT2D eigenvalue weighted by Gasteiger charge is -2.28. The van der Waals surface area contributed by atoms with E-state index in [4.69, 9.17) is 25.5 Å². The van der Waals surface area contributed by atoms with Gasteiger partial charge < -0.3 is 55.8 Å². The quantitative estimate of drug-likeness (QED) is 0.148. The smallest absolute Gasteiger partial charge is 0.347 e. The topological polar surface area (TPSA) is 263 Å². The molecular weight excluding hydrogens is 368 g/mol. The summed E-state index contributed by atoms with van der Waals surface area (Å²) >= 11 is 0. The number of aliphatic carboxylic acids is 2. The maximum atomic E-state index is 11.6. The average Bonchev–Trinajstić information content (AvgIpc) is 2.60. The molecule has 0 bridgehead atoms. The zero-order valence-corrected chi connectivity index (χ0v) is 12.9. The number of carbonyl (C=O) groups is 3. The molecular formula is C12H20O14. The molecule has 0 aliphatic heterocycles. The van der Waals surface area contributed by atoms with E-state index in [1.807, 2.05) is 0 Å². The maximum Gasteiger partial charge on any atom is 0.347 e. The van der Waals surface area contributed by atoms with Crippen LogP contribution in [0.15, 0.2) is 0 Å². The molecule has 0 radical (unpaired) electrons. The number of carboxylic acids is 2. The standard InChI is InChI=1S/C12H20O14/c13-1-2(14)3(15)6(18)9(11(23)24)26-12(25)8(20)5(17)4(16)7(19)10(21)22/h2-9,13-20H,1H2,(H,21,22)(H,23,24)/t2-,3-,4+,5+,6+,7+,8-,9-/m1/s1. The highest BCUT2D eigenvalue weighted by atomic mass is 16.6. The van der Waals surface area contributed by atoms with Gasteiger partial charge in [-0.1, -0.05) is 0 Å². The molecule has 0 amide bonds. The number of hydrogen-bond donors (Lipinski definition) is 10. The molecule has 10 N–H and O–H groups in total. The Balaban J connectivity index is 5.16. The van der Waals surface area contributed by atoms with Gasteiger partial charge in [0.2, 0.25) is 6.10 Å². The van der Waals surface area contributed by atoms with E-state index >= 15 is 0 Å². The van der Waals surface area contributed by atoms with Crippen molar-refractivity contribution in [2.45, 2.75) is 48.8 Å². The number of ether oxygens (including phenoxy) is 1. The largest absolute Gasteiger partial charge is 0.479 e. The van der Waals surface area contributed by atoms with Gasteiger partial charge in [-0.3, -0.25) is 0 Å². The summed E-state index contributed by atoms with van der Waals surface area (Å²) in [6.45, 7) is -1.08. The fourth-order valence-electron chi connectivity index (χ4n) is 1.63. The van der Waals surface area contributed by atoms with Crippen molar-refractivity contribution >= 4 is 17.9 Å². The van der Waals surface area contributed by atoms with Crippen molar-refractivity contribution < 1.29 is 70.2 Å². The summed E-state index contributed by atoms with van der Waals surface area (Å²) in [7, 11) is 0. The SMILES string of the molecule is O=C(O)[C@@H](O)[C@@H](O)[C@H](O)[C@@H](O)C(=O)O[C@@H](C(=O)O)[C@@H](O)[C@H](O)[C@H](O)CO. The Bertz CT molecular complexity index is 494. The molecule has 0 saturated heterocycles. The van der Waals surface area contributed by atoms with E-state index in [1.54, 1.807) is 0 Å². The van der Waals surface area contributed by atoms with Crippen molar-refractivity contribution in [1.29, 1.82) is 0 Å². The number of aliphatic hydroxyl groups is 8. The number of esters is 1. The van der Waals surface area contributed by atoms with Gasteiger partial charge in [-0.15, -0.1) is 0 Å². The van der Waals surface area contributed by atoms with Crippen molar-refractivity contribution in [1.82, 2.24) is 0 Å². The molecule has 0 rings (SSSR count). The van der Waals surface area contributed by atoms with E-state index < -0.39 is 73.3 Å². The Morgan fingerprint density at radius 1 is 0.692 bits per heavy atom. The van der Waals surface area contributed by atoms with Gasteiger partial charge in [-0.2, -0.15) is 0 Å². The Morgan fingerprint density at radius 2 is 1.15 bits per heavy atom. The average molecular weight is 388 g/mol. The van der Waals surface area contributed by atoms with Gasteiger partial charge in [0.05, 0.1) is 6.61 Å². The van der Waals surface area contributed by atoms with E-state index in [2.05, 4.69) is 4.74 Å². The summed E-state index contributed by atoms with van der Waals surface area (Å²) in [5.74, 6) is -6.02. The van der Waals surface area contributed by atoms with Crippen molar-refractivity contribution in [3.8, 4) is 0 Å². The second-order valence-electron chi connectivity index (χ2n) is 5.14. The lowest BCUT2D eigenvalue weighted by molar-refractivity contribution is -0.195. The first-order chi connectivity index (χ1) is 11.9. The van der Waals surface area contributed by atoms with Gasteiger partial charge in [-0.05, 0) is 0 Å². The molecule has 0 unspecified atom stereocenters. The summed E-state index contributed by atoms with van der Waals surface area (Å²) in [5, 5.41) is 91.4. The molecule has 26 heavy (non-hydrogen) atoms. The van der Waals surface area contributed by atoms with Crippen LogP contribution < -0.4 is 0 Å². The molecule has 14 heteroatoms. The molecule has 0 spiro atoms. The second-order valence-corrected chi connectivity index (χ2v) is 5.14. The molecule has 0 heterocycles. The molecule has 0 aromatic rings. The van der Waals surface area contributed by atoms with Crippen molar-refractivity contribution in [2.75, 3.05) is 6.61 Å². The molecule has 0 aromatic carbocycles. The normalized spacial score (nSPS) is 20.8. The lowest BCUT2D eigenvalue weighted by Crippen LogP contribution is -2.54. The van der Waals surface area contributed by atoms with Crippen LogP contribution in [0.3, 0.4) is 0 Å². The minimum Gasteiger partial charge on any atom is -0.479 e. The maximum absolute atomic E-state index is 11.6. The Morgan fingerprint density at radius 3 is 1.54 bits per heavy atom. The molecule has 152 valence electrons. The van der Waals surface area contributed by atoms with Gasteiger partial charge in [0.15, 0.2) is 12.2 Å². The molecule has 0 aliphatic rings. The Hall–Kier alpha value is -1.91. The predicted molar refractivity (Wildman–Crippen MR) is 74.3 cm³/mol. The third kappa shape index (κ3) is 6.11. The predicted octanol–water partition coefficient (Wildman–Crippen LogP) is -6.41. The van der Waals surface area contributed by atoms with E-state index in [0.29, 0.717) is 0 Å². The highest BCUT2D eigenvalue weighted by Crippen LogP contribution is 2.13. The van der Waals surface area contributed by atoms with Crippen molar-refractivity contribution in [3.05, 3.63) is 0 Å². The van der Waals surface area contributed by atoms with E-state index in [0.717, 1.165) is 0 Å². The van der Waals surface area contributed by atoms with Crippen LogP contribution in [0.2, 0.25) is 0 Å². The second kappa shape index (κ2) is 10.3. The number of hydrogen-bond acceptors (Lipinski definition) is 12. The molecule has 0 aliphatic carbocycles. The van der Waals surface area contributed by atoms with Crippen LogP contribution >= 0.6 is 0 Å². The molecule has 0 saturated carbocycles. The molecule has 0 aromatic heterocycles. The van der Waals surface area contributed by atoms with Gasteiger partial charge >= 0.3 is 17.9 Å². The van der Waals surface area contributed by atoms with E-state index in [1.165, 1.54) is 0 Å². The third-order valence-electron chi connectivity index (χ3n) is 3.22. The molecule has 0 fully saturated rings. The minimum absolute atomic E-state index is 1.08. The van der Waals surface area contributed by atoms with Gasteiger partial charge in [-0.25, -0.2) is 14.4 Å². The Kier molecular flexibility index (Phi) is 9.53. The molecule has 14 nitrogen and oxygen atoms in total. The van der Waals surface area contributed by atoms with Crippen LogP contribution in [-0.4, -0.2) is 124 Å². The fourth-order valence-corrected chi connectivity index (χ4v) is 1.63. The first-order valence-electron chi connectivity index (χ1n) is 6.90. The summed E-state index contributed by atoms with van der Waals surface area (Å²) < 4.78 is 4.17. The third-order valence-corrected chi connectivity index (χ3v) is 3.22. The number of carboxylic acid groups (broad SMARTS) is 2. The zero-order valence-electron chi connectivity index (χ0n) is 12.9. The fraction of sp³-hybridized carbons (Fsp3) is 0.750. The number of aliphatic hydroxyl groups excluding tert-OH is 8. The molecule has 8 atom stereocenters. The van der Waals surface area contributed by atoms with Gasteiger partial charge in [0.1, 0.15) is 30.5 Å². The van der Waals surface area contributed by atoms with Crippen molar-refractivity contribution in [3.63, 3.8) is 0 Å². The van der Waals surface area contributed by atoms with Gasteiger partial charge in [0.25, 0.3) is 0 Å². The van der Waals surface area contributed by atoms with Crippen molar-refractivity contribution in [2.24, 2.45) is 0 Å². The highest BCUT2D eigenvalue weighted by Gasteiger charge is 2.43. The first kappa shape index (κ1) is 24.1. The highest BCUT2D eigenvalue weighted by molar-refractivity contribution is 5.81. The number of carbonyl (C=O) groups excluding carboxylic acids is 1. The Labute approximate surface area is 144 Å². The first-order valence-corrected chi connectivity index (χ1v) is 6.90. The monoisotopic (exact) mass is 388 g/mol. The van der Waals surface area contributed by atoms with Gasteiger partial charge in [0, 0.05) is 0 Å². The summed E-state index contributed by atoms with van der Waals surface area (Å²) in [6, 6.07) is 0. The van der Waals surface area contributed by atoms with Crippen LogP contribution in [0, 0.1) is 0 Å². The van der Waals surface area contributed by atoms with Crippen LogP contribution in [-0.2, 0) is 19.1 Å². The van der Waals surface area contributed by atoms with E-state index in [9.17, 15) is 39.9 Å². The van der Waals surface area contributed by atoms with E-state index in [-0.39, 0.29) is 0 Å². The van der Waals surface area contributed by atoms with Crippen LogP contribution in [0.5, 0.6) is 0 Å². The minimum atomic E-state index is -2.74.